The van der Waals surface area contributed by atoms with Crippen molar-refractivity contribution in [3.63, 3.8) is 0 Å². The second kappa shape index (κ2) is 7.65. The van der Waals surface area contributed by atoms with E-state index in [9.17, 15) is 22.7 Å². The lowest BCUT2D eigenvalue weighted by molar-refractivity contribution is 0.0697. The number of anilines is 1. The molecule has 0 heterocycles. The number of sulfonamides is 1. The number of aromatic carboxylic acids is 1. The van der Waals surface area contributed by atoms with Gasteiger partial charge in [-0.15, -0.1) is 0 Å². The average Bonchev–Trinajstić information content (AvgIpc) is 2.54. The molecule has 2 aromatic carbocycles. The lowest BCUT2D eigenvalue weighted by Crippen LogP contribution is -2.17. The summed E-state index contributed by atoms with van der Waals surface area (Å²) >= 11 is 0. The first-order valence-electron chi connectivity index (χ1n) is 7.90. The van der Waals surface area contributed by atoms with E-state index in [2.05, 4.69) is 4.72 Å². The van der Waals surface area contributed by atoms with Crippen molar-refractivity contribution in [1.29, 1.82) is 0 Å². The summed E-state index contributed by atoms with van der Waals surface area (Å²) in [5, 5.41) is 9.52. The predicted octanol–water partition coefficient (Wildman–Crippen LogP) is 3.98. The Labute approximate surface area is 146 Å². The summed E-state index contributed by atoms with van der Waals surface area (Å²) in [7, 11) is -4.01. The van der Waals surface area contributed by atoms with Crippen molar-refractivity contribution in [3.05, 3.63) is 58.9 Å². The summed E-state index contributed by atoms with van der Waals surface area (Å²) in [4.78, 5) is 11.5. The lowest BCUT2D eigenvalue weighted by Gasteiger charge is -2.15. The number of rotatable bonds is 7. The Kier molecular flexibility index (Phi) is 5.79. The highest BCUT2D eigenvalue weighted by molar-refractivity contribution is 7.92. The van der Waals surface area contributed by atoms with Crippen molar-refractivity contribution >= 4 is 21.7 Å². The topological polar surface area (TPSA) is 83.5 Å². The maximum Gasteiger partial charge on any atom is 0.338 e. The van der Waals surface area contributed by atoms with Gasteiger partial charge in [-0.1, -0.05) is 19.4 Å². The zero-order chi connectivity index (χ0) is 18.6. The smallest absolute Gasteiger partial charge is 0.338 e. The molecule has 25 heavy (non-hydrogen) atoms. The Hall–Kier alpha value is -2.41. The van der Waals surface area contributed by atoms with Crippen LogP contribution in [-0.4, -0.2) is 19.5 Å². The molecule has 0 amide bonds. The van der Waals surface area contributed by atoms with Gasteiger partial charge in [-0.05, 0) is 61.2 Å². The van der Waals surface area contributed by atoms with Gasteiger partial charge >= 0.3 is 5.97 Å². The lowest BCUT2D eigenvalue weighted by atomic mass is 9.97. The molecule has 0 spiro atoms. The first-order valence-corrected chi connectivity index (χ1v) is 9.38. The number of nitrogens with one attached hydrogen (secondary N) is 1. The van der Waals surface area contributed by atoms with Crippen molar-refractivity contribution < 1.29 is 22.7 Å². The number of carboxylic acids is 1. The number of hydrogen-bond acceptors (Lipinski definition) is 3. The van der Waals surface area contributed by atoms with Gasteiger partial charge in [-0.2, -0.15) is 0 Å². The van der Waals surface area contributed by atoms with Crippen LogP contribution in [0.4, 0.5) is 10.1 Å². The van der Waals surface area contributed by atoms with Crippen LogP contribution in [0.5, 0.6) is 0 Å². The Bertz CT molecular complexity index is 877. The van der Waals surface area contributed by atoms with E-state index in [0.717, 1.165) is 49.1 Å². The third kappa shape index (κ3) is 4.36. The summed E-state index contributed by atoms with van der Waals surface area (Å²) in [6, 6.07) is 7.52. The van der Waals surface area contributed by atoms with Crippen molar-refractivity contribution in [2.24, 2.45) is 0 Å². The van der Waals surface area contributed by atoms with E-state index in [0.29, 0.717) is 5.56 Å². The van der Waals surface area contributed by atoms with Crippen molar-refractivity contribution in [2.45, 2.75) is 38.0 Å². The largest absolute Gasteiger partial charge is 0.478 e. The molecular formula is C18H20FNO4S. The molecule has 134 valence electrons. The molecule has 0 atom stereocenters. The van der Waals surface area contributed by atoms with Gasteiger partial charge in [0.25, 0.3) is 10.0 Å². The maximum absolute atomic E-state index is 13.0. The minimum Gasteiger partial charge on any atom is -0.478 e. The number of hydrogen-bond donors (Lipinski definition) is 2. The van der Waals surface area contributed by atoms with E-state index in [-0.39, 0.29) is 16.1 Å². The number of benzene rings is 2. The number of aryl methyl sites for hydroxylation is 1. The highest BCUT2D eigenvalue weighted by atomic mass is 32.2. The number of carbonyl (C=O) groups is 1. The molecule has 2 N–H and O–H groups in total. The Morgan fingerprint density at radius 2 is 1.80 bits per heavy atom. The standard InChI is InChI=1S/C18H20FNO4S/c1-3-4-5-13-6-11-16(17(12(13)2)18(21)22)20-25(23,24)15-9-7-14(19)8-10-15/h6-11,20H,3-5H2,1-2H3,(H,21,22). The summed E-state index contributed by atoms with van der Waals surface area (Å²) < 4.78 is 40.1. The SMILES string of the molecule is CCCCc1ccc(NS(=O)(=O)c2ccc(F)cc2)c(C(=O)O)c1C. The van der Waals surface area contributed by atoms with Gasteiger partial charge in [0.15, 0.2) is 0 Å². The zero-order valence-electron chi connectivity index (χ0n) is 14.0. The first-order chi connectivity index (χ1) is 11.8. The molecule has 7 heteroatoms. The third-order valence-electron chi connectivity index (χ3n) is 3.96. The fraction of sp³-hybridized carbons (Fsp3) is 0.278. The van der Waals surface area contributed by atoms with E-state index in [4.69, 9.17) is 0 Å². The van der Waals surface area contributed by atoms with Crippen LogP contribution in [0.1, 0.15) is 41.3 Å². The molecule has 0 aliphatic heterocycles. The maximum atomic E-state index is 13.0. The molecule has 0 fully saturated rings. The molecule has 0 aliphatic rings. The quantitative estimate of drug-likeness (QED) is 0.777. The van der Waals surface area contributed by atoms with Crippen LogP contribution in [0.25, 0.3) is 0 Å². The van der Waals surface area contributed by atoms with E-state index in [1.807, 2.05) is 6.92 Å². The van der Waals surface area contributed by atoms with Gasteiger partial charge in [0.1, 0.15) is 5.82 Å². The van der Waals surface area contributed by atoms with Gasteiger partial charge in [0, 0.05) is 0 Å². The first kappa shape index (κ1) is 18.9. The van der Waals surface area contributed by atoms with E-state index in [1.165, 1.54) is 6.07 Å². The van der Waals surface area contributed by atoms with Crippen LogP contribution < -0.4 is 4.72 Å². The highest BCUT2D eigenvalue weighted by Crippen LogP contribution is 2.27. The normalized spacial score (nSPS) is 11.3. The monoisotopic (exact) mass is 365 g/mol. The molecule has 5 nitrogen and oxygen atoms in total. The molecule has 0 saturated carbocycles. The molecule has 0 saturated heterocycles. The molecule has 0 aromatic heterocycles. The molecule has 2 aromatic rings. The van der Waals surface area contributed by atoms with E-state index >= 15 is 0 Å². The number of halogens is 1. The average molecular weight is 365 g/mol. The highest BCUT2D eigenvalue weighted by Gasteiger charge is 2.21. The molecule has 0 unspecified atom stereocenters. The molecule has 0 aliphatic carbocycles. The second-order valence-corrected chi connectivity index (χ2v) is 7.42. The summed E-state index contributed by atoms with van der Waals surface area (Å²) in [5.74, 6) is -1.76. The fourth-order valence-corrected chi connectivity index (χ4v) is 3.64. The van der Waals surface area contributed by atoms with Crippen LogP contribution in [0.15, 0.2) is 41.3 Å². The van der Waals surface area contributed by atoms with Gasteiger partial charge in [0.05, 0.1) is 16.1 Å². The fourth-order valence-electron chi connectivity index (χ4n) is 2.57. The summed E-state index contributed by atoms with van der Waals surface area (Å²) in [6.07, 6.45) is 2.62. The predicted molar refractivity (Wildman–Crippen MR) is 94.0 cm³/mol. The number of unbranched alkanes of at least 4 members (excludes halogenated alkanes) is 1. The van der Waals surface area contributed by atoms with Crippen molar-refractivity contribution in [1.82, 2.24) is 0 Å². The van der Waals surface area contributed by atoms with Gasteiger partial charge in [-0.25, -0.2) is 17.6 Å². The summed E-state index contributed by atoms with van der Waals surface area (Å²) in [5.41, 5.74) is 1.35. The molecule has 2 rings (SSSR count). The number of carboxylic acid groups (broad SMARTS) is 1. The van der Waals surface area contributed by atoms with Crippen LogP contribution >= 0.6 is 0 Å². The molecule has 0 bridgehead atoms. The van der Waals surface area contributed by atoms with Crippen LogP contribution in [-0.2, 0) is 16.4 Å². The Balaban J connectivity index is 2.43. The summed E-state index contributed by atoms with van der Waals surface area (Å²) in [6.45, 7) is 3.71. The minimum absolute atomic E-state index is 0.00502. The molecule has 0 radical (unpaired) electrons. The van der Waals surface area contributed by atoms with Gasteiger partial charge in [0.2, 0.25) is 0 Å². The van der Waals surface area contributed by atoms with Crippen LogP contribution in [0, 0.1) is 12.7 Å². The Morgan fingerprint density at radius 3 is 2.36 bits per heavy atom. The Morgan fingerprint density at radius 1 is 1.16 bits per heavy atom. The van der Waals surface area contributed by atoms with Crippen molar-refractivity contribution in [3.8, 4) is 0 Å². The third-order valence-corrected chi connectivity index (χ3v) is 5.34. The van der Waals surface area contributed by atoms with E-state index < -0.39 is 21.8 Å². The van der Waals surface area contributed by atoms with E-state index in [1.54, 1.807) is 13.0 Å². The second-order valence-electron chi connectivity index (χ2n) is 5.74. The van der Waals surface area contributed by atoms with Gasteiger partial charge in [-0.3, -0.25) is 4.72 Å². The zero-order valence-corrected chi connectivity index (χ0v) is 14.9. The molecular weight excluding hydrogens is 345 g/mol. The van der Waals surface area contributed by atoms with Crippen LogP contribution in [0.2, 0.25) is 0 Å². The minimum atomic E-state index is -4.01. The van der Waals surface area contributed by atoms with Crippen molar-refractivity contribution in [2.75, 3.05) is 4.72 Å². The van der Waals surface area contributed by atoms with Gasteiger partial charge < -0.3 is 5.11 Å². The van der Waals surface area contributed by atoms with Crippen LogP contribution in [0.3, 0.4) is 0 Å².